The minimum Gasteiger partial charge on any atom is -0.496 e. The molecule has 0 aromatic heterocycles. The molecule has 0 aliphatic heterocycles. The van der Waals surface area contributed by atoms with Crippen molar-refractivity contribution in [1.82, 2.24) is 0 Å². The van der Waals surface area contributed by atoms with Crippen molar-refractivity contribution >= 4 is 5.97 Å². The molecule has 19 heavy (non-hydrogen) atoms. The summed E-state index contributed by atoms with van der Waals surface area (Å²) in [6.45, 7) is 4.32. The van der Waals surface area contributed by atoms with Gasteiger partial charge in [0.25, 0.3) is 0 Å². The molecule has 1 aliphatic rings. The first-order chi connectivity index (χ1) is 9.02. The molecule has 3 heteroatoms. The van der Waals surface area contributed by atoms with E-state index in [2.05, 4.69) is 32.0 Å². The van der Waals surface area contributed by atoms with E-state index in [4.69, 9.17) is 9.47 Å². The molecule has 0 saturated heterocycles. The molecule has 1 aromatic carbocycles. The molecule has 0 N–H and O–H groups in total. The Morgan fingerprint density at radius 3 is 2.47 bits per heavy atom. The Bertz CT molecular complexity index is 473. The van der Waals surface area contributed by atoms with Crippen LogP contribution in [-0.2, 0) is 16.0 Å². The van der Waals surface area contributed by atoms with Gasteiger partial charge in [0.15, 0.2) is 0 Å². The van der Waals surface area contributed by atoms with Crippen molar-refractivity contribution in [2.75, 3.05) is 14.2 Å². The molecule has 0 bridgehead atoms. The summed E-state index contributed by atoms with van der Waals surface area (Å²) in [5.41, 5.74) is 2.04. The first kappa shape index (κ1) is 13.9. The number of esters is 1. The van der Waals surface area contributed by atoms with E-state index < -0.39 is 0 Å². The van der Waals surface area contributed by atoms with E-state index in [1.54, 1.807) is 7.11 Å². The van der Waals surface area contributed by atoms with Gasteiger partial charge in [0, 0.05) is 0 Å². The van der Waals surface area contributed by atoms with E-state index in [9.17, 15) is 4.79 Å². The number of benzene rings is 1. The highest BCUT2D eigenvalue weighted by molar-refractivity contribution is 5.80. The number of methoxy groups -OCH3 is 2. The normalized spacial score (nSPS) is 16.3. The largest absolute Gasteiger partial charge is 0.496 e. The lowest BCUT2D eigenvalue weighted by molar-refractivity contribution is -0.147. The average Bonchev–Trinajstić information content (AvgIpc) is 3.18. The van der Waals surface area contributed by atoms with E-state index in [0.29, 0.717) is 12.3 Å². The minimum absolute atomic E-state index is 0.0949. The van der Waals surface area contributed by atoms with Crippen molar-refractivity contribution in [3.05, 3.63) is 29.3 Å². The summed E-state index contributed by atoms with van der Waals surface area (Å²) in [5, 5.41) is 0. The van der Waals surface area contributed by atoms with Crippen LogP contribution in [0.25, 0.3) is 0 Å². The summed E-state index contributed by atoms with van der Waals surface area (Å²) in [6.07, 6.45) is 2.53. The molecule has 1 aliphatic carbocycles. The third-order valence-electron chi connectivity index (χ3n) is 3.98. The molecule has 104 valence electrons. The Labute approximate surface area is 114 Å². The van der Waals surface area contributed by atoms with Crippen LogP contribution in [0.3, 0.4) is 0 Å². The van der Waals surface area contributed by atoms with E-state index in [1.165, 1.54) is 12.7 Å². The summed E-state index contributed by atoms with van der Waals surface area (Å²) in [6, 6.07) is 6.28. The summed E-state index contributed by atoms with van der Waals surface area (Å²) in [5.74, 6) is 1.25. The maximum Gasteiger partial charge on any atom is 0.312 e. The van der Waals surface area contributed by atoms with Gasteiger partial charge in [-0.25, -0.2) is 0 Å². The van der Waals surface area contributed by atoms with Crippen molar-refractivity contribution < 1.29 is 14.3 Å². The van der Waals surface area contributed by atoms with Gasteiger partial charge in [-0.1, -0.05) is 26.0 Å². The maximum absolute atomic E-state index is 11.8. The van der Waals surface area contributed by atoms with Crippen LogP contribution in [0.5, 0.6) is 5.75 Å². The third kappa shape index (κ3) is 2.75. The van der Waals surface area contributed by atoms with Crippen LogP contribution in [0.15, 0.2) is 18.2 Å². The Balaban J connectivity index is 2.23. The number of ether oxygens (including phenoxy) is 2. The van der Waals surface area contributed by atoms with Crippen LogP contribution < -0.4 is 4.74 Å². The summed E-state index contributed by atoms with van der Waals surface area (Å²) in [7, 11) is 3.14. The van der Waals surface area contributed by atoms with Crippen LogP contribution >= 0.6 is 0 Å². The quantitative estimate of drug-likeness (QED) is 0.764. The molecule has 0 radical (unpaired) electrons. The van der Waals surface area contributed by atoms with Crippen molar-refractivity contribution in [3.63, 3.8) is 0 Å². The minimum atomic E-state index is -0.304. The number of carbonyl (C=O) groups is 1. The summed E-state index contributed by atoms with van der Waals surface area (Å²) in [4.78, 5) is 11.8. The highest BCUT2D eigenvalue weighted by Crippen LogP contribution is 2.50. The van der Waals surface area contributed by atoms with Crippen LogP contribution in [0, 0.1) is 5.41 Å². The van der Waals surface area contributed by atoms with Gasteiger partial charge in [0.1, 0.15) is 5.75 Å². The monoisotopic (exact) mass is 262 g/mol. The summed E-state index contributed by atoms with van der Waals surface area (Å²) >= 11 is 0. The van der Waals surface area contributed by atoms with Crippen molar-refractivity contribution in [3.8, 4) is 5.75 Å². The lowest BCUT2D eigenvalue weighted by Gasteiger charge is -2.16. The predicted molar refractivity (Wildman–Crippen MR) is 74.5 cm³/mol. The lowest BCUT2D eigenvalue weighted by atomic mass is 9.93. The zero-order valence-corrected chi connectivity index (χ0v) is 12.2. The van der Waals surface area contributed by atoms with Crippen LogP contribution in [0.2, 0.25) is 0 Å². The van der Waals surface area contributed by atoms with Crippen LogP contribution in [0.1, 0.15) is 43.7 Å². The second-order valence-electron chi connectivity index (χ2n) is 5.67. The van der Waals surface area contributed by atoms with Gasteiger partial charge in [-0.2, -0.15) is 0 Å². The van der Waals surface area contributed by atoms with Gasteiger partial charge < -0.3 is 9.47 Å². The van der Waals surface area contributed by atoms with Crippen molar-refractivity contribution in [2.24, 2.45) is 5.41 Å². The van der Waals surface area contributed by atoms with Crippen molar-refractivity contribution in [1.29, 1.82) is 0 Å². The Morgan fingerprint density at radius 1 is 1.32 bits per heavy atom. The van der Waals surface area contributed by atoms with Gasteiger partial charge in [-0.3, -0.25) is 4.79 Å². The van der Waals surface area contributed by atoms with E-state index in [-0.39, 0.29) is 11.4 Å². The zero-order valence-electron chi connectivity index (χ0n) is 12.2. The number of rotatable bonds is 5. The SMILES string of the molecule is COC(=O)C1(Cc2ccc(C(C)C)cc2OC)CC1. The zero-order chi connectivity index (χ0) is 14.0. The fraction of sp³-hybridized carbons (Fsp3) is 0.562. The van der Waals surface area contributed by atoms with Crippen LogP contribution in [-0.4, -0.2) is 20.2 Å². The molecule has 3 nitrogen and oxygen atoms in total. The number of hydrogen-bond donors (Lipinski definition) is 0. The van der Waals surface area contributed by atoms with Gasteiger partial charge in [0.2, 0.25) is 0 Å². The third-order valence-corrected chi connectivity index (χ3v) is 3.98. The van der Waals surface area contributed by atoms with E-state index >= 15 is 0 Å². The lowest BCUT2D eigenvalue weighted by Crippen LogP contribution is -2.20. The van der Waals surface area contributed by atoms with Gasteiger partial charge in [0.05, 0.1) is 19.6 Å². The fourth-order valence-corrected chi connectivity index (χ4v) is 2.45. The molecule has 1 saturated carbocycles. The second kappa shape index (κ2) is 5.24. The standard InChI is InChI=1S/C16H22O3/c1-11(2)12-5-6-13(14(9-12)18-3)10-16(7-8-16)15(17)19-4/h5-6,9,11H,7-8,10H2,1-4H3. The molecule has 0 heterocycles. The molecule has 0 spiro atoms. The molecule has 0 atom stereocenters. The Kier molecular flexibility index (Phi) is 3.83. The molecule has 0 unspecified atom stereocenters. The Morgan fingerprint density at radius 2 is 2.00 bits per heavy atom. The highest BCUT2D eigenvalue weighted by atomic mass is 16.5. The molecule has 2 rings (SSSR count). The Hall–Kier alpha value is -1.51. The molecule has 1 aromatic rings. The molecular weight excluding hydrogens is 240 g/mol. The average molecular weight is 262 g/mol. The number of hydrogen-bond acceptors (Lipinski definition) is 3. The second-order valence-corrected chi connectivity index (χ2v) is 5.67. The molecular formula is C16H22O3. The first-order valence-corrected chi connectivity index (χ1v) is 6.77. The van der Waals surface area contributed by atoms with Gasteiger partial charge in [-0.15, -0.1) is 0 Å². The maximum atomic E-state index is 11.8. The number of carbonyl (C=O) groups excluding carboxylic acids is 1. The highest BCUT2D eigenvalue weighted by Gasteiger charge is 2.51. The van der Waals surface area contributed by atoms with E-state index in [0.717, 1.165) is 24.2 Å². The van der Waals surface area contributed by atoms with Gasteiger partial charge in [-0.05, 0) is 42.4 Å². The van der Waals surface area contributed by atoms with Gasteiger partial charge >= 0.3 is 5.97 Å². The fourth-order valence-electron chi connectivity index (χ4n) is 2.45. The summed E-state index contributed by atoms with van der Waals surface area (Å²) < 4.78 is 10.4. The van der Waals surface area contributed by atoms with E-state index in [1.807, 2.05) is 0 Å². The topological polar surface area (TPSA) is 35.5 Å². The first-order valence-electron chi connectivity index (χ1n) is 6.77. The van der Waals surface area contributed by atoms with Crippen LogP contribution in [0.4, 0.5) is 0 Å². The molecule has 1 fully saturated rings. The van der Waals surface area contributed by atoms with Crippen molar-refractivity contribution in [2.45, 2.75) is 39.0 Å². The molecule has 0 amide bonds. The smallest absolute Gasteiger partial charge is 0.312 e. The predicted octanol–water partition coefficient (Wildman–Crippen LogP) is 3.31.